The second kappa shape index (κ2) is 5.58. The standard InChI is InChI=1S/C10H18N2O3/c1-2-3-6-11-10(15)12-8(9(13)14)7-4-5-7/h7-8H,2-6H2,1H3,(H,13,14)(H2,11,12,15). The molecule has 0 aromatic carbocycles. The molecule has 3 N–H and O–H groups in total. The fraction of sp³-hybridized carbons (Fsp3) is 0.800. The molecule has 0 aliphatic heterocycles. The molecule has 1 rings (SSSR count). The lowest BCUT2D eigenvalue weighted by Crippen LogP contribution is -2.47. The van der Waals surface area contributed by atoms with Gasteiger partial charge >= 0.3 is 12.0 Å². The van der Waals surface area contributed by atoms with Crippen LogP contribution in [0.5, 0.6) is 0 Å². The van der Waals surface area contributed by atoms with E-state index in [-0.39, 0.29) is 11.9 Å². The molecule has 0 saturated heterocycles. The fourth-order valence-electron chi connectivity index (χ4n) is 1.38. The second-order valence-electron chi connectivity index (χ2n) is 3.91. The SMILES string of the molecule is CCCCNC(=O)NC(C(=O)O)C1CC1. The van der Waals surface area contributed by atoms with Crippen molar-refractivity contribution in [3.05, 3.63) is 0 Å². The number of rotatable bonds is 6. The van der Waals surface area contributed by atoms with Crippen LogP contribution in [0.15, 0.2) is 0 Å². The first-order chi connectivity index (χ1) is 7.15. The first-order valence-electron chi connectivity index (χ1n) is 5.42. The van der Waals surface area contributed by atoms with Crippen molar-refractivity contribution >= 4 is 12.0 Å². The third kappa shape index (κ3) is 4.18. The van der Waals surface area contributed by atoms with Crippen molar-refractivity contribution < 1.29 is 14.7 Å². The molecule has 15 heavy (non-hydrogen) atoms. The Kier molecular flexibility index (Phi) is 4.39. The van der Waals surface area contributed by atoms with E-state index < -0.39 is 12.0 Å². The van der Waals surface area contributed by atoms with E-state index in [0.29, 0.717) is 6.54 Å². The van der Waals surface area contributed by atoms with Gasteiger partial charge in [-0.3, -0.25) is 0 Å². The molecule has 86 valence electrons. The van der Waals surface area contributed by atoms with Crippen LogP contribution in [0.4, 0.5) is 4.79 Å². The van der Waals surface area contributed by atoms with Crippen LogP contribution in [0, 0.1) is 5.92 Å². The van der Waals surface area contributed by atoms with Gasteiger partial charge in [0.2, 0.25) is 0 Å². The summed E-state index contributed by atoms with van der Waals surface area (Å²) in [5, 5.41) is 14.0. The van der Waals surface area contributed by atoms with Gasteiger partial charge in [0.1, 0.15) is 6.04 Å². The van der Waals surface area contributed by atoms with E-state index in [0.717, 1.165) is 25.7 Å². The molecule has 1 atom stereocenters. The molecular formula is C10H18N2O3. The van der Waals surface area contributed by atoms with Crippen LogP contribution in [0.3, 0.4) is 0 Å². The van der Waals surface area contributed by atoms with Gasteiger partial charge in [-0.05, 0) is 25.2 Å². The summed E-state index contributed by atoms with van der Waals surface area (Å²) < 4.78 is 0. The summed E-state index contributed by atoms with van der Waals surface area (Å²) >= 11 is 0. The van der Waals surface area contributed by atoms with E-state index in [2.05, 4.69) is 10.6 Å². The Hall–Kier alpha value is -1.26. The van der Waals surface area contributed by atoms with Crippen LogP contribution >= 0.6 is 0 Å². The summed E-state index contributed by atoms with van der Waals surface area (Å²) in [6.45, 7) is 2.63. The zero-order valence-electron chi connectivity index (χ0n) is 8.95. The van der Waals surface area contributed by atoms with E-state index in [1.807, 2.05) is 6.92 Å². The third-order valence-electron chi connectivity index (χ3n) is 2.46. The van der Waals surface area contributed by atoms with Gasteiger partial charge in [0.15, 0.2) is 0 Å². The number of unbranched alkanes of at least 4 members (excludes halogenated alkanes) is 1. The lowest BCUT2D eigenvalue weighted by molar-refractivity contribution is -0.139. The Morgan fingerprint density at radius 3 is 2.60 bits per heavy atom. The average molecular weight is 214 g/mol. The molecule has 1 aliphatic rings. The van der Waals surface area contributed by atoms with Crippen molar-refractivity contribution in [2.24, 2.45) is 5.92 Å². The Morgan fingerprint density at radius 2 is 2.13 bits per heavy atom. The summed E-state index contributed by atoms with van der Waals surface area (Å²) in [5.41, 5.74) is 0. The van der Waals surface area contributed by atoms with Gasteiger partial charge in [0.25, 0.3) is 0 Å². The Balaban J connectivity index is 2.24. The largest absolute Gasteiger partial charge is 0.480 e. The minimum Gasteiger partial charge on any atom is -0.480 e. The highest BCUT2D eigenvalue weighted by Gasteiger charge is 2.37. The molecule has 2 amide bonds. The van der Waals surface area contributed by atoms with Crippen molar-refractivity contribution in [2.75, 3.05) is 6.54 Å². The molecule has 0 radical (unpaired) electrons. The summed E-state index contributed by atoms with van der Waals surface area (Å²) in [6.07, 6.45) is 3.71. The number of aliphatic carboxylic acids is 1. The number of carbonyl (C=O) groups excluding carboxylic acids is 1. The summed E-state index contributed by atoms with van der Waals surface area (Å²) in [6, 6.07) is -1.09. The Morgan fingerprint density at radius 1 is 1.47 bits per heavy atom. The van der Waals surface area contributed by atoms with Crippen LogP contribution < -0.4 is 10.6 Å². The van der Waals surface area contributed by atoms with Crippen molar-refractivity contribution in [1.29, 1.82) is 0 Å². The molecule has 1 unspecified atom stereocenters. The maximum Gasteiger partial charge on any atom is 0.326 e. The molecule has 0 bridgehead atoms. The van der Waals surface area contributed by atoms with Crippen LogP contribution in [0.25, 0.3) is 0 Å². The molecule has 1 aliphatic carbocycles. The van der Waals surface area contributed by atoms with Gasteiger partial charge in [0, 0.05) is 6.54 Å². The fourth-order valence-corrected chi connectivity index (χ4v) is 1.38. The van der Waals surface area contributed by atoms with Crippen molar-refractivity contribution in [3.8, 4) is 0 Å². The quantitative estimate of drug-likeness (QED) is 0.576. The number of amides is 2. The topological polar surface area (TPSA) is 78.4 Å². The zero-order valence-corrected chi connectivity index (χ0v) is 8.95. The monoisotopic (exact) mass is 214 g/mol. The first-order valence-corrected chi connectivity index (χ1v) is 5.42. The molecule has 0 heterocycles. The van der Waals surface area contributed by atoms with E-state index in [9.17, 15) is 9.59 Å². The van der Waals surface area contributed by atoms with Gasteiger partial charge in [0.05, 0.1) is 0 Å². The number of nitrogens with one attached hydrogen (secondary N) is 2. The molecule has 1 saturated carbocycles. The van der Waals surface area contributed by atoms with Crippen LogP contribution in [0.2, 0.25) is 0 Å². The number of hydrogen-bond acceptors (Lipinski definition) is 2. The van der Waals surface area contributed by atoms with E-state index in [4.69, 9.17) is 5.11 Å². The van der Waals surface area contributed by atoms with E-state index in [1.165, 1.54) is 0 Å². The molecular weight excluding hydrogens is 196 g/mol. The van der Waals surface area contributed by atoms with Gasteiger partial charge in [-0.2, -0.15) is 0 Å². The van der Waals surface area contributed by atoms with Crippen LogP contribution in [0.1, 0.15) is 32.6 Å². The number of hydrogen-bond donors (Lipinski definition) is 3. The van der Waals surface area contributed by atoms with E-state index in [1.54, 1.807) is 0 Å². The average Bonchev–Trinajstić information content (AvgIpc) is 2.97. The van der Waals surface area contributed by atoms with Gasteiger partial charge < -0.3 is 15.7 Å². The van der Waals surface area contributed by atoms with Crippen molar-refractivity contribution in [2.45, 2.75) is 38.6 Å². The zero-order chi connectivity index (χ0) is 11.3. The number of urea groups is 1. The first kappa shape index (κ1) is 11.8. The summed E-state index contributed by atoms with van der Waals surface area (Å²) in [4.78, 5) is 22.1. The van der Waals surface area contributed by atoms with Gasteiger partial charge in [-0.25, -0.2) is 9.59 Å². The van der Waals surface area contributed by atoms with Gasteiger partial charge in [-0.1, -0.05) is 13.3 Å². The Labute approximate surface area is 89.2 Å². The van der Waals surface area contributed by atoms with Crippen molar-refractivity contribution in [1.82, 2.24) is 10.6 Å². The molecule has 0 spiro atoms. The number of carboxylic acids is 1. The molecule has 0 aromatic rings. The lowest BCUT2D eigenvalue weighted by Gasteiger charge is -2.13. The highest BCUT2D eigenvalue weighted by Crippen LogP contribution is 2.32. The third-order valence-corrected chi connectivity index (χ3v) is 2.46. The van der Waals surface area contributed by atoms with E-state index >= 15 is 0 Å². The summed E-state index contributed by atoms with van der Waals surface area (Å²) in [7, 11) is 0. The summed E-state index contributed by atoms with van der Waals surface area (Å²) in [5.74, 6) is -0.817. The minimum atomic E-state index is -0.942. The Bertz CT molecular complexity index is 239. The number of carbonyl (C=O) groups is 2. The van der Waals surface area contributed by atoms with Crippen LogP contribution in [-0.2, 0) is 4.79 Å². The molecule has 0 aromatic heterocycles. The highest BCUT2D eigenvalue weighted by atomic mass is 16.4. The predicted molar refractivity (Wildman–Crippen MR) is 55.6 cm³/mol. The molecule has 5 nitrogen and oxygen atoms in total. The molecule has 1 fully saturated rings. The lowest BCUT2D eigenvalue weighted by atomic mass is 10.2. The maximum absolute atomic E-state index is 11.3. The normalized spacial score (nSPS) is 16.9. The second-order valence-corrected chi connectivity index (χ2v) is 3.91. The predicted octanol–water partition coefficient (Wildman–Crippen LogP) is 0.949. The van der Waals surface area contributed by atoms with Gasteiger partial charge in [-0.15, -0.1) is 0 Å². The maximum atomic E-state index is 11.3. The van der Waals surface area contributed by atoms with Crippen molar-refractivity contribution in [3.63, 3.8) is 0 Å². The van der Waals surface area contributed by atoms with Crippen LogP contribution in [-0.4, -0.2) is 29.7 Å². The smallest absolute Gasteiger partial charge is 0.326 e. The molecule has 5 heteroatoms. The number of carboxylic acid groups (broad SMARTS) is 1. The highest BCUT2D eigenvalue weighted by molar-refractivity contribution is 5.83. The minimum absolute atomic E-state index is 0.124.